The van der Waals surface area contributed by atoms with Crippen LogP contribution in [0.4, 0.5) is 14.5 Å². The van der Waals surface area contributed by atoms with Crippen molar-refractivity contribution in [3.05, 3.63) is 77.1 Å². The number of nitrogens with zero attached hydrogens (tertiary/aromatic N) is 2. The Hall–Kier alpha value is -3.14. The Morgan fingerprint density at radius 3 is 2.76 bits per heavy atom. The molecular formula is C27H24F2N3NaO4. The zero-order valence-electron chi connectivity index (χ0n) is 19.7. The van der Waals surface area contributed by atoms with Gasteiger partial charge in [-0.15, -0.1) is 0 Å². The molecule has 1 N–H and O–H groups in total. The molecule has 2 aliphatic heterocycles. The van der Waals surface area contributed by atoms with Crippen molar-refractivity contribution in [3.8, 4) is 17.2 Å². The average Bonchev–Trinajstić information content (AvgIpc) is 3.57. The molecule has 0 unspecified atom stereocenters. The van der Waals surface area contributed by atoms with Crippen molar-refractivity contribution in [1.29, 1.82) is 0 Å². The minimum absolute atomic E-state index is 0. The molecule has 1 aromatic heterocycles. The van der Waals surface area contributed by atoms with Gasteiger partial charge in [0.1, 0.15) is 36.1 Å². The van der Waals surface area contributed by atoms with Crippen LogP contribution >= 0.6 is 0 Å². The van der Waals surface area contributed by atoms with Crippen LogP contribution in [0.25, 0.3) is 16.7 Å². The molecule has 0 saturated heterocycles. The van der Waals surface area contributed by atoms with Crippen LogP contribution in [0.3, 0.4) is 0 Å². The van der Waals surface area contributed by atoms with Gasteiger partial charge in [0.15, 0.2) is 17.7 Å². The topological polar surface area (TPSA) is 74.6 Å². The second kappa shape index (κ2) is 9.96. The summed E-state index contributed by atoms with van der Waals surface area (Å²) in [4.78, 5) is 15.9. The second-order valence-electron chi connectivity index (χ2n) is 8.81. The summed E-state index contributed by atoms with van der Waals surface area (Å²) in [6.45, 7) is 3.93. The van der Waals surface area contributed by atoms with Gasteiger partial charge in [-0.1, -0.05) is 19.1 Å². The maximum absolute atomic E-state index is 14.9. The summed E-state index contributed by atoms with van der Waals surface area (Å²) in [6, 6.07) is 13.7. The number of fused-ring (bicyclic) bond motifs is 3. The van der Waals surface area contributed by atoms with E-state index in [0.717, 1.165) is 22.9 Å². The number of para-hydroxylation sites is 1. The molecule has 7 nitrogen and oxygen atoms in total. The first-order chi connectivity index (χ1) is 17.4. The molecule has 0 bridgehead atoms. The molecule has 0 amide bonds. The number of carbonyl (C=O) groups excluding carboxylic acids is 1. The van der Waals surface area contributed by atoms with E-state index >= 15 is 0 Å². The monoisotopic (exact) mass is 515 g/mol. The van der Waals surface area contributed by atoms with Gasteiger partial charge in [0.05, 0.1) is 17.2 Å². The van der Waals surface area contributed by atoms with Crippen molar-refractivity contribution in [3.63, 3.8) is 0 Å². The number of aryl methyl sites for hydroxylation is 1. The van der Waals surface area contributed by atoms with Crippen LogP contribution in [0.1, 0.15) is 42.9 Å². The number of halogens is 2. The Kier molecular flexibility index (Phi) is 6.87. The van der Waals surface area contributed by atoms with E-state index in [4.69, 9.17) is 14.2 Å². The number of esters is 1. The van der Waals surface area contributed by atoms with Crippen LogP contribution < -0.4 is 14.8 Å². The van der Waals surface area contributed by atoms with Crippen molar-refractivity contribution in [2.75, 3.05) is 18.5 Å². The summed E-state index contributed by atoms with van der Waals surface area (Å²) < 4.78 is 47.8. The van der Waals surface area contributed by atoms with Gasteiger partial charge in [-0.3, -0.25) is 9.36 Å². The molecule has 0 spiro atoms. The number of ether oxygens (including phenoxy) is 3. The zero-order valence-corrected chi connectivity index (χ0v) is 19.7. The van der Waals surface area contributed by atoms with Crippen LogP contribution in [-0.2, 0) is 16.0 Å². The number of anilines is 1. The Balaban J connectivity index is 0.00000280. The standard InChI is InChI=1S/C27H23F2N3O4.Na.H/c1-3-24-31-19-10-9-18(28)25(29)26(19)32(24)21-6-4-5-16-20(12-35-27(16)21)30-15-7-8-17-22(11-15)34-13-23(17)36-14(2)33;;/h4-11,20,23,30H,3,12-13H2,1-2H3;;/t20-,23-;;/m1../s1. The zero-order chi connectivity index (χ0) is 25.0. The van der Waals surface area contributed by atoms with Crippen LogP contribution in [0, 0.1) is 11.6 Å². The molecule has 2 aliphatic rings. The molecule has 0 aliphatic carbocycles. The molecule has 3 aromatic carbocycles. The molecule has 4 aromatic rings. The summed E-state index contributed by atoms with van der Waals surface area (Å²) in [6.07, 6.45) is 0.123. The van der Waals surface area contributed by atoms with E-state index in [0.29, 0.717) is 41.6 Å². The number of imidazole rings is 1. The number of hydrogen-bond donors (Lipinski definition) is 1. The number of hydrogen-bond acceptors (Lipinski definition) is 6. The molecule has 37 heavy (non-hydrogen) atoms. The molecule has 10 heteroatoms. The van der Waals surface area contributed by atoms with Gasteiger partial charge in [-0.05, 0) is 30.3 Å². The molecule has 6 rings (SSSR count). The van der Waals surface area contributed by atoms with Gasteiger partial charge >= 0.3 is 35.5 Å². The van der Waals surface area contributed by atoms with Crippen LogP contribution in [0.5, 0.6) is 11.5 Å². The van der Waals surface area contributed by atoms with Crippen LogP contribution in [0.15, 0.2) is 48.5 Å². The van der Waals surface area contributed by atoms with E-state index in [1.807, 2.05) is 43.3 Å². The summed E-state index contributed by atoms with van der Waals surface area (Å²) in [7, 11) is 0. The van der Waals surface area contributed by atoms with Crippen molar-refractivity contribution in [2.24, 2.45) is 0 Å². The average molecular weight is 515 g/mol. The van der Waals surface area contributed by atoms with Gasteiger partial charge in [0.25, 0.3) is 0 Å². The van der Waals surface area contributed by atoms with Crippen molar-refractivity contribution < 1.29 is 27.8 Å². The number of carbonyl (C=O) groups is 1. The fourth-order valence-electron chi connectivity index (χ4n) is 4.94. The predicted octanol–water partition coefficient (Wildman–Crippen LogP) is 4.76. The van der Waals surface area contributed by atoms with Gasteiger partial charge < -0.3 is 19.5 Å². The summed E-state index contributed by atoms with van der Waals surface area (Å²) in [5.74, 6) is -0.340. The number of aromatic nitrogens is 2. The molecule has 3 heterocycles. The molecule has 2 atom stereocenters. The summed E-state index contributed by atoms with van der Waals surface area (Å²) >= 11 is 0. The third kappa shape index (κ3) is 4.35. The Labute approximate surface area is 234 Å². The SMILES string of the molecule is CCc1nc2ccc(F)c(F)c2n1-c1cccc2c1OC[C@H]2Nc1ccc2c(c1)OC[C@H]2OC(C)=O.[NaH]. The Morgan fingerprint density at radius 2 is 1.97 bits per heavy atom. The van der Waals surface area contributed by atoms with E-state index in [2.05, 4.69) is 10.3 Å². The fourth-order valence-corrected chi connectivity index (χ4v) is 4.94. The Morgan fingerprint density at radius 1 is 1.14 bits per heavy atom. The third-order valence-corrected chi connectivity index (χ3v) is 6.53. The van der Waals surface area contributed by atoms with Crippen molar-refractivity contribution in [2.45, 2.75) is 32.4 Å². The van der Waals surface area contributed by atoms with E-state index in [1.54, 1.807) is 4.57 Å². The van der Waals surface area contributed by atoms with E-state index in [-0.39, 0.29) is 53.7 Å². The van der Waals surface area contributed by atoms with Gasteiger partial charge in [0, 0.05) is 36.2 Å². The van der Waals surface area contributed by atoms with E-state index in [1.165, 1.54) is 13.0 Å². The normalized spacial score (nSPS) is 17.4. The third-order valence-electron chi connectivity index (χ3n) is 6.53. The first kappa shape index (κ1) is 25.5. The summed E-state index contributed by atoms with van der Waals surface area (Å²) in [5, 5.41) is 3.47. The van der Waals surface area contributed by atoms with Crippen molar-refractivity contribution in [1.82, 2.24) is 9.55 Å². The van der Waals surface area contributed by atoms with Gasteiger partial charge in [0.2, 0.25) is 0 Å². The molecule has 186 valence electrons. The predicted molar refractivity (Wildman–Crippen MR) is 136 cm³/mol. The molecule has 0 saturated carbocycles. The number of benzene rings is 3. The van der Waals surface area contributed by atoms with E-state index in [9.17, 15) is 13.6 Å². The summed E-state index contributed by atoms with van der Waals surface area (Å²) in [5.41, 5.74) is 3.64. The maximum atomic E-state index is 14.9. The first-order valence-corrected chi connectivity index (χ1v) is 11.8. The molecule has 0 radical (unpaired) electrons. The minimum atomic E-state index is -0.935. The fraction of sp³-hybridized carbons (Fsp3) is 0.259. The second-order valence-corrected chi connectivity index (χ2v) is 8.81. The first-order valence-electron chi connectivity index (χ1n) is 11.8. The van der Waals surface area contributed by atoms with Gasteiger partial charge in [-0.2, -0.15) is 0 Å². The molecule has 0 fully saturated rings. The van der Waals surface area contributed by atoms with Crippen LogP contribution in [0.2, 0.25) is 0 Å². The van der Waals surface area contributed by atoms with E-state index < -0.39 is 17.7 Å². The number of nitrogens with one attached hydrogen (secondary N) is 1. The number of rotatable bonds is 5. The quantitative estimate of drug-likeness (QED) is 0.305. The Bertz CT molecular complexity index is 1520. The van der Waals surface area contributed by atoms with Gasteiger partial charge in [-0.25, -0.2) is 13.8 Å². The van der Waals surface area contributed by atoms with Crippen LogP contribution in [-0.4, -0.2) is 58.3 Å². The van der Waals surface area contributed by atoms with Crippen molar-refractivity contribution >= 4 is 52.2 Å². The molecular weight excluding hydrogens is 491 g/mol.